The van der Waals surface area contributed by atoms with Crippen LogP contribution in [0.1, 0.15) is 57.6 Å². The molecule has 2 bridgehead atoms. The number of hydrogen-bond acceptors (Lipinski definition) is 5. The summed E-state index contributed by atoms with van der Waals surface area (Å²) in [5.41, 5.74) is 1.09. The number of fused-ring (bicyclic) bond motifs is 2. The molecule has 3 aliphatic heterocycles. The van der Waals surface area contributed by atoms with Crippen LogP contribution in [0, 0.1) is 11.8 Å². The summed E-state index contributed by atoms with van der Waals surface area (Å²) in [6, 6.07) is 1.30. The molecule has 0 spiro atoms. The Bertz CT molecular complexity index is 602. The molecule has 4 heterocycles. The van der Waals surface area contributed by atoms with Crippen LogP contribution in [0.25, 0.3) is 0 Å². The van der Waals surface area contributed by atoms with E-state index < -0.39 is 0 Å². The van der Waals surface area contributed by atoms with Crippen LogP contribution >= 0.6 is 36.2 Å². The Morgan fingerprint density at radius 2 is 2.04 bits per heavy atom. The summed E-state index contributed by atoms with van der Waals surface area (Å²) >= 11 is 1.56. The molecule has 3 unspecified atom stereocenters. The maximum atomic E-state index is 12.4. The molecule has 4 rings (SSSR count). The van der Waals surface area contributed by atoms with Crippen LogP contribution in [-0.4, -0.2) is 41.0 Å². The van der Waals surface area contributed by atoms with Crippen molar-refractivity contribution in [1.29, 1.82) is 0 Å². The molecule has 3 atom stereocenters. The van der Waals surface area contributed by atoms with E-state index in [0.717, 1.165) is 42.7 Å². The van der Waals surface area contributed by atoms with E-state index in [1.54, 1.807) is 11.3 Å². The Morgan fingerprint density at radius 1 is 1.30 bits per heavy atom. The number of aromatic nitrogens is 1. The lowest BCUT2D eigenvalue weighted by Crippen LogP contribution is -2.39. The predicted octanol–water partition coefficient (Wildman–Crippen LogP) is 4.08. The third kappa shape index (κ3) is 6.29. The number of likely N-dealkylation sites (tertiary alicyclic amines) is 1. The first kappa shape index (κ1) is 22.9. The fraction of sp³-hybridized carbons (Fsp3) is 0.789. The highest BCUT2D eigenvalue weighted by Gasteiger charge is 2.34. The Balaban J connectivity index is 0.00000131. The fourth-order valence-corrected chi connectivity index (χ4v) is 5.59. The molecule has 2 N–H and O–H groups in total. The summed E-state index contributed by atoms with van der Waals surface area (Å²) in [5.74, 6) is 1.46. The number of anilines is 1. The van der Waals surface area contributed by atoms with Gasteiger partial charge in [-0.15, -0.1) is 36.2 Å². The molecule has 1 aromatic heterocycles. The van der Waals surface area contributed by atoms with Crippen LogP contribution < -0.4 is 10.6 Å². The maximum absolute atomic E-state index is 12.4. The molecule has 3 saturated heterocycles. The summed E-state index contributed by atoms with van der Waals surface area (Å²) in [4.78, 5) is 19.5. The lowest BCUT2D eigenvalue weighted by Gasteiger charge is -2.30. The van der Waals surface area contributed by atoms with Crippen molar-refractivity contribution in [3.63, 3.8) is 0 Å². The minimum Gasteiger partial charge on any atom is -0.311 e. The number of halogens is 2. The van der Waals surface area contributed by atoms with Gasteiger partial charge in [-0.05, 0) is 56.9 Å². The SMILES string of the molecule is CC1CCCN(Cc2csc(NC(=O)CC3CC4CCC(C3)N4)n2)C1.Cl.Cl. The minimum absolute atomic E-state index is 0. The standard InChI is InChI=1S/C19H30N4OS.2ClH/c1-13-3-2-6-23(10-13)11-17-12-25-19(21-17)22-18(24)9-14-7-15-4-5-16(8-14)20-15;;/h12-16,20H,2-11H2,1H3,(H,21,22,24);2*1H. The number of carbonyl (C=O) groups excluding carboxylic acids is 1. The second kappa shape index (κ2) is 10.4. The number of nitrogens with one attached hydrogen (secondary N) is 2. The van der Waals surface area contributed by atoms with Crippen LogP contribution in [0.2, 0.25) is 0 Å². The second-order valence-electron chi connectivity index (χ2n) is 8.35. The summed E-state index contributed by atoms with van der Waals surface area (Å²) in [5, 5.41) is 9.54. The van der Waals surface area contributed by atoms with Gasteiger partial charge >= 0.3 is 0 Å². The normalized spacial score (nSPS) is 30.3. The van der Waals surface area contributed by atoms with Crippen molar-refractivity contribution >= 4 is 47.2 Å². The van der Waals surface area contributed by atoms with Crippen molar-refractivity contribution in [2.45, 2.75) is 70.5 Å². The zero-order valence-corrected chi connectivity index (χ0v) is 18.4. The highest BCUT2D eigenvalue weighted by Crippen LogP contribution is 2.33. The minimum atomic E-state index is 0. The Morgan fingerprint density at radius 3 is 2.74 bits per heavy atom. The highest BCUT2D eigenvalue weighted by molar-refractivity contribution is 7.13. The molecule has 3 aliphatic rings. The first-order valence-electron chi connectivity index (χ1n) is 9.86. The van der Waals surface area contributed by atoms with Gasteiger partial charge in [0, 0.05) is 37.0 Å². The second-order valence-corrected chi connectivity index (χ2v) is 9.21. The van der Waals surface area contributed by atoms with Crippen molar-refractivity contribution in [3.05, 3.63) is 11.1 Å². The highest BCUT2D eigenvalue weighted by atomic mass is 35.5. The van der Waals surface area contributed by atoms with Crippen LogP contribution in [-0.2, 0) is 11.3 Å². The number of amides is 1. The molecule has 1 amide bonds. The van der Waals surface area contributed by atoms with Crippen LogP contribution in [0.5, 0.6) is 0 Å². The molecule has 3 fully saturated rings. The first-order valence-corrected chi connectivity index (χ1v) is 10.7. The van der Waals surface area contributed by atoms with Gasteiger partial charge in [-0.25, -0.2) is 4.98 Å². The van der Waals surface area contributed by atoms with Gasteiger partial charge in [0.2, 0.25) is 5.91 Å². The summed E-state index contributed by atoms with van der Waals surface area (Å²) in [6.07, 6.45) is 8.15. The quantitative estimate of drug-likeness (QED) is 0.732. The first-order chi connectivity index (χ1) is 12.1. The van der Waals surface area contributed by atoms with Crippen LogP contribution in [0.15, 0.2) is 5.38 Å². The summed E-state index contributed by atoms with van der Waals surface area (Å²) < 4.78 is 0. The average Bonchev–Trinajstić information content (AvgIpc) is 3.13. The number of thiazole rings is 1. The zero-order chi connectivity index (χ0) is 17.2. The number of nitrogens with zero attached hydrogens (tertiary/aromatic N) is 2. The molecular formula is C19H32Cl2N4OS. The zero-order valence-electron chi connectivity index (χ0n) is 16.0. The molecule has 5 nitrogen and oxygen atoms in total. The van der Waals surface area contributed by atoms with Gasteiger partial charge in [0.05, 0.1) is 5.69 Å². The molecule has 8 heteroatoms. The van der Waals surface area contributed by atoms with E-state index >= 15 is 0 Å². The lowest BCUT2D eigenvalue weighted by atomic mass is 9.89. The van der Waals surface area contributed by atoms with Crippen LogP contribution in [0.4, 0.5) is 5.13 Å². The Labute approximate surface area is 178 Å². The van der Waals surface area contributed by atoms with Crippen molar-refractivity contribution in [2.75, 3.05) is 18.4 Å². The number of piperidine rings is 2. The molecule has 0 radical (unpaired) electrons. The van der Waals surface area contributed by atoms with Gasteiger partial charge in [-0.3, -0.25) is 9.69 Å². The van der Waals surface area contributed by atoms with E-state index in [1.807, 2.05) is 0 Å². The molecule has 0 aliphatic carbocycles. The van der Waals surface area contributed by atoms with Crippen LogP contribution in [0.3, 0.4) is 0 Å². The molecular weight excluding hydrogens is 403 g/mol. The van der Waals surface area contributed by atoms with Gasteiger partial charge in [-0.2, -0.15) is 0 Å². The molecule has 154 valence electrons. The third-order valence-electron chi connectivity index (χ3n) is 5.97. The van der Waals surface area contributed by atoms with E-state index in [1.165, 1.54) is 32.2 Å². The van der Waals surface area contributed by atoms with Crippen molar-refractivity contribution in [3.8, 4) is 0 Å². The molecule has 0 saturated carbocycles. The lowest BCUT2D eigenvalue weighted by molar-refractivity contribution is -0.117. The van der Waals surface area contributed by atoms with Crippen molar-refractivity contribution in [2.24, 2.45) is 11.8 Å². The monoisotopic (exact) mass is 434 g/mol. The number of rotatable bonds is 5. The van der Waals surface area contributed by atoms with E-state index in [2.05, 4.69) is 32.8 Å². The summed E-state index contributed by atoms with van der Waals surface area (Å²) in [6.45, 7) is 5.57. The van der Waals surface area contributed by atoms with Gasteiger partial charge in [-0.1, -0.05) is 6.92 Å². The average molecular weight is 435 g/mol. The predicted molar refractivity (Wildman–Crippen MR) is 116 cm³/mol. The topological polar surface area (TPSA) is 57.3 Å². The third-order valence-corrected chi connectivity index (χ3v) is 6.78. The van der Waals surface area contributed by atoms with E-state index in [4.69, 9.17) is 0 Å². The fourth-order valence-electron chi connectivity index (χ4n) is 4.87. The Kier molecular flexibility index (Phi) is 8.81. The largest absolute Gasteiger partial charge is 0.311 e. The molecule has 1 aromatic rings. The van der Waals surface area contributed by atoms with Gasteiger partial charge in [0.1, 0.15) is 0 Å². The van der Waals surface area contributed by atoms with E-state index in [9.17, 15) is 4.79 Å². The van der Waals surface area contributed by atoms with Crippen molar-refractivity contribution < 1.29 is 4.79 Å². The number of hydrogen-bond donors (Lipinski definition) is 2. The van der Waals surface area contributed by atoms with Crippen molar-refractivity contribution in [1.82, 2.24) is 15.2 Å². The summed E-state index contributed by atoms with van der Waals surface area (Å²) in [7, 11) is 0. The van der Waals surface area contributed by atoms with Gasteiger partial charge in [0.15, 0.2) is 5.13 Å². The van der Waals surface area contributed by atoms with E-state index in [0.29, 0.717) is 24.4 Å². The maximum Gasteiger partial charge on any atom is 0.226 e. The number of carbonyl (C=O) groups is 1. The molecule has 27 heavy (non-hydrogen) atoms. The van der Waals surface area contributed by atoms with Gasteiger partial charge < -0.3 is 10.6 Å². The van der Waals surface area contributed by atoms with Gasteiger partial charge in [0.25, 0.3) is 0 Å². The molecule has 0 aromatic carbocycles. The Hall–Kier alpha value is -0.400. The van der Waals surface area contributed by atoms with E-state index in [-0.39, 0.29) is 30.7 Å². The smallest absolute Gasteiger partial charge is 0.226 e.